The van der Waals surface area contributed by atoms with Crippen molar-refractivity contribution in [1.29, 1.82) is 0 Å². The van der Waals surface area contributed by atoms with E-state index < -0.39 is 0 Å². The SMILES string of the molecule is CN1CC(c2nnc3n2Cc2ccccc2CC3)CC1=O.O=CO. The molecule has 0 bridgehead atoms. The number of benzene rings is 1. The second-order valence-corrected chi connectivity index (χ2v) is 6.11. The molecule has 3 heterocycles. The number of aromatic nitrogens is 3. The molecule has 1 fully saturated rings. The summed E-state index contributed by atoms with van der Waals surface area (Å²) in [4.78, 5) is 21.9. The van der Waals surface area contributed by atoms with E-state index in [-0.39, 0.29) is 18.3 Å². The van der Waals surface area contributed by atoms with Gasteiger partial charge in [-0.25, -0.2) is 0 Å². The molecule has 24 heavy (non-hydrogen) atoms. The van der Waals surface area contributed by atoms with E-state index in [1.165, 1.54) is 11.1 Å². The van der Waals surface area contributed by atoms with Gasteiger partial charge in [0.1, 0.15) is 11.6 Å². The molecule has 1 saturated heterocycles. The number of nitrogens with zero attached hydrogens (tertiary/aromatic N) is 4. The van der Waals surface area contributed by atoms with E-state index in [9.17, 15) is 4.79 Å². The Hall–Kier alpha value is -2.70. The molecule has 4 rings (SSSR count). The molecule has 2 aliphatic rings. The molecule has 0 aliphatic carbocycles. The number of carbonyl (C=O) groups is 2. The fraction of sp³-hybridized carbons (Fsp3) is 0.412. The maximum atomic E-state index is 11.8. The van der Waals surface area contributed by atoms with E-state index in [1.807, 2.05) is 7.05 Å². The van der Waals surface area contributed by atoms with Crippen LogP contribution in [0.1, 0.15) is 35.1 Å². The van der Waals surface area contributed by atoms with Gasteiger partial charge in [0, 0.05) is 32.4 Å². The Balaban J connectivity index is 0.000000526. The first kappa shape index (κ1) is 16.2. The zero-order valence-corrected chi connectivity index (χ0v) is 13.6. The largest absolute Gasteiger partial charge is 0.483 e. The van der Waals surface area contributed by atoms with Gasteiger partial charge in [-0.3, -0.25) is 9.59 Å². The molecule has 1 N–H and O–H groups in total. The Morgan fingerprint density at radius 3 is 2.58 bits per heavy atom. The van der Waals surface area contributed by atoms with Crippen molar-refractivity contribution in [3.05, 3.63) is 47.0 Å². The molecule has 7 nitrogen and oxygen atoms in total. The Morgan fingerprint density at radius 2 is 1.92 bits per heavy atom. The third-order valence-electron chi connectivity index (χ3n) is 4.63. The quantitative estimate of drug-likeness (QED) is 0.791. The van der Waals surface area contributed by atoms with Crippen LogP contribution in [0, 0.1) is 0 Å². The number of aryl methyl sites for hydroxylation is 2. The van der Waals surface area contributed by atoms with Gasteiger partial charge in [0.2, 0.25) is 5.91 Å². The molecule has 0 spiro atoms. The topological polar surface area (TPSA) is 88.3 Å². The van der Waals surface area contributed by atoms with Crippen LogP contribution >= 0.6 is 0 Å². The average Bonchev–Trinajstić information content (AvgIpc) is 3.05. The molecular formula is C17H20N4O3. The summed E-state index contributed by atoms with van der Waals surface area (Å²) in [6.07, 6.45) is 2.48. The minimum absolute atomic E-state index is 0.175. The van der Waals surface area contributed by atoms with Crippen molar-refractivity contribution in [3.8, 4) is 0 Å². The Labute approximate surface area is 139 Å². The Morgan fingerprint density at radius 1 is 1.21 bits per heavy atom. The lowest BCUT2D eigenvalue weighted by Gasteiger charge is -2.13. The normalized spacial score (nSPS) is 19.0. The maximum absolute atomic E-state index is 11.8. The summed E-state index contributed by atoms with van der Waals surface area (Å²) in [6.45, 7) is 1.32. The lowest BCUT2D eigenvalue weighted by Crippen LogP contribution is -2.19. The van der Waals surface area contributed by atoms with Crippen LogP contribution in [0.3, 0.4) is 0 Å². The van der Waals surface area contributed by atoms with Crippen LogP contribution in [0.2, 0.25) is 0 Å². The zero-order valence-electron chi connectivity index (χ0n) is 13.6. The van der Waals surface area contributed by atoms with Crippen molar-refractivity contribution in [2.45, 2.75) is 31.7 Å². The van der Waals surface area contributed by atoms with Crippen LogP contribution in [0.4, 0.5) is 0 Å². The number of rotatable bonds is 1. The Bertz CT molecular complexity index is 756. The lowest BCUT2D eigenvalue weighted by molar-refractivity contribution is -0.126. The first-order chi connectivity index (χ1) is 11.6. The summed E-state index contributed by atoms with van der Waals surface area (Å²) in [5, 5.41) is 15.7. The maximum Gasteiger partial charge on any atom is 0.290 e. The number of amides is 1. The van der Waals surface area contributed by atoms with Crippen molar-refractivity contribution >= 4 is 12.4 Å². The predicted molar refractivity (Wildman–Crippen MR) is 86.7 cm³/mol. The lowest BCUT2D eigenvalue weighted by atomic mass is 10.0. The van der Waals surface area contributed by atoms with Crippen LogP contribution in [-0.4, -0.2) is 50.7 Å². The molecule has 1 aromatic heterocycles. The molecule has 126 valence electrons. The van der Waals surface area contributed by atoms with E-state index >= 15 is 0 Å². The van der Waals surface area contributed by atoms with Crippen molar-refractivity contribution in [2.75, 3.05) is 13.6 Å². The first-order valence-corrected chi connectivity index (χ1v) is 7.94. The molecule has 1 unspecified atom stereocenters. The third-order valence-corrected chi connectivity index (χ3v) is 4.63. The Kier molecular flexibility index (Phi) is 4.59. The fourth-order valence-electron chi connectivity index (χ4n) is 3.42. The van der Waals surface area contributed by atoms with Crippen molar-refractivity contribution in [2.24, 2.45) is 0 Å². The van der Waals surface area contributed by atoms with Gasteiger partial charge in [0.05, 0.1) is 6.54 Å². The summed E-state index contributed by atoms with van der Waals surface area (Å²) in [5.74, 6) is 2.39. The fourth-order valence-corrected chi connectivity index (χ4v) is 3.42. The average molecular weight is 328 g/mol. The second kappa shape index (κ2) is 6.82. The molecule has 1 aromatic carbocycles. The number of likely N-dealkylation sites (N-methyl/N-ethyl adjacent to an activating group) is 1. The first-order valence-electron chi connectivity index (χ1n) is 7.94. The van der Waals surface area contributed by atoms with Crippen LogP contribution in [0.5, 0.6) is 0 Å². The van der Waals surface area contributed by atoms with Crippen molar-refractivity contribution in [1.82, 2.24) is 19.7 Å². The smallest absolute Gasteiger partial charge is 0.290 e. The molecular weight excluding hydrogens is 308 g/mol. The van der Waals surface area contributed by atoms with Gasteiger partial charge in [0.15, 0.2) is 0 Å². The summed E-state index contributed by atoms with van der Waals surface area (Å²) >= 11 is 0. The number of hydrogen-bond acceptors (Lipinski definition) is 4. The van der Waals surface area contributed by atoms with Crippen molar-refractivity contribution < 1.29 is 14.7 Å². The van der Waals surface area contributed by atoms with Crippen LogP contribution in [0.15, 0.2) is 24.3 Å². The van der Waals surface area contributed by atoms with Gasteiger partial charge in [-0.1, -0.05) is 24.3 Å². The molecule has 2 aromatic rings. The van der Waals surface area contributed by atoms with E-state index in [2.05, 4.69) is 39.0 Å². The zero-order chi connectivity index (χ0) is 17.1. The highest BCUT2D eigenvalue weighted by Crippen LogP contribution is 2.29. The van der Waals surface area contributed by atoms with Gasteiger partial charge in [-0.15, -0.1) is 10.2 Å². The standard InChI is InChI=1S/C16H18N4O.CH2O2/c1-19-9-13(8-15(19)21)16-18-17-14-7-6-11-4-2-3-5-12(11)10-20(14)16;2-1-3/h2-5,13H,6-10H2,1H3;1H,(H,2,3). The van der Waals surface area contributed by atoms with Crippen LogP contribution < -0.4 is 0 Å². The molecule has 0 saturated carbocycles. The van der Waals surface area contributed by atoms with Gasteiger partial charge in [-0.2, -0.15) is 0 Å². The second-order valence-electron chi connectivity index (χ2n) is 6.11. The molecule has 2 aliphatic heterocycles. The van der Waals surface area contributed by atoms with Crippen LogP contribution in [0.25, 0.3) is 0 Å². The molecule has 1 atom stereocenters. The summed E-state index contributed by atoms with van der Waals surface area (Å²) in [5.41, 5.74) is 2.74. The van der Waals surface area contributed by atoms with E-state index in [0.29, 0.717) is 6.42 Å². The number of likely N-dealkylation sites (tertiary alicyclic amines) is 1. The minimum atomic E-state index is -0.250. The molecule has 7 heteroatoms. The van der Waals surface area contributed by atoms with Crippen molar-refractivity contribution in [3.63, 3.8) is 0 Å². The minimum Gasteiger partial charge on any atom is -0.483 e. The monoisotopic (exact) mass is 328 g/mol. The molecule has 0 radical (unpaired) electrons. The van der Waals surface area contributed by atoms with Gasteiger partial charge in [0.25, 0.3) is 6.47 Å². The summed E-state index contributed by atoms with van der Waals surface area (Å²) in [7, 11) is 1.86. The highest BCUT2D eigenvalue weighted by atomic mass is 16.3. The predicted octanol–water partition coefficient (Wildman–Crippen LogP) is 1.07. The third kappa shape index (κ3) is 3.02. The van der Waals surface area contributed by atoms with Gasteiger partial charge >= 0.3 is 0 Å². The highest BCUT2D eigenvalue weighted by molar-refractivity contribution is 5.79. The van der Waals surface area contributed by atoms with E-state index in [1.54, 1.807) is 4.90 Å². The molecule has 1 amide bonds. The highest BCUT2D eigenvalue weighted by Gasteiger charge is 2.32. The number of hydrogen-bond donors (Lipinski definition) is 1. The number of carbonyl (C=O) groups excluding carboxylic acids is 1. The number of carboxylic acid groups (broad SMARTS) is 1. The number of fused-ring (bicyclic) bond motifs is 2. The van der Waals surface area contributed by atoms with Crippen LogP contribution in [-0.2, 0) is 29.0 Å². The van der Waals surface area contributed by atoms with Gasteiger partial charge < -0.3 is 14.6 Å². The van der Waals surface area contributed by atoms with Gasteiger partial charge in [-0.05, 0) is 17.5 Å². The van der Waals surface area contributed by atoms with E-state index in [4.69, 9.17) is 9.90 Å². The summed E-state index contributed by atoms with van der Waals surface area (Å²) < 4.78 is 2.23. The van der Waals surface area contributed by atoms with E-state index in [0.717, 1.165) is 37.6 Å². The summed E-state index contributed by atoms with van der Waals surface area (Å²) in [6, 6.07) is 8.55.